The lowest BCUT2D eigenvalue weighted by atomic mass is 9.85. The fourth-order valence-electron chi connectivity index (χ4n) is 4.99. The first-order chi connectivity index (χ1) is 18.3. The van der Waals surface area contributed by atoms with Gasteiger partial charge in [-0.05, 0) is 71.5 Å². The van der Waals surface area contributed by atoms with E-state index in [1.165, 1.54) is 27.5 Å². The van der Waals surface area contributed by atoms with E-state index < -0.39 is 17.6 Å². The van der Waals surface area contributed by atoms with Gasteiger partial charge in [0.15, 0.2) is 0 Å². The van der Waals surface area contributed by atoms with Gasteiger partial charge in [0.25, 0.3) is 5.91 Å². The minimum absolute atomic E-state index is 0.00524. The van der Waals surface area contributed by atoms with Crippen LogP contribution in [-0.2, 0) is 22.8 Å². The molecule has 0 N–H and O–H groups in total. The van der Waals surface area contributed by atoms with E-state index in [9.17, 15) is 22.8 Å². The monoisotopic (exact) mass is 556 g/mol. The van der Waals surface area contributed by atoms with E-state index in [2.05, 4.69) is 51.1 Å². The van der Waals surface area contributed by atoms with Gasteiger partial charge in [0.1, 0.15) is 6.54 Å². The molecule has 2 unspecified atom stereocenters. The van der Waals surface area contributed by atoms with Gasteiger partial charge in [-0.15, -0.1) is 11.3 Å². The van der Waals surface area contributed by atoms with Crippen LogP contribution < -0.4 is 0 Å². The number of carbonyl (C=O) groups is 2. The maximum Gasteiger partial charge on any atom is 0.416 e. The Balaban J connectivity index is 1.65. The van der Waals surface area contributed by atoms with Crippen molar-refractivity contribution in [2.24, 2.45) is 0 Å². The Morgan fingerprint density at radius 3 is 2.36 bits per heavy atom. The second-order valence-corrected chi connectivity index (χ2v) is 12.2. The molecule has 0 fully saturated rings. The summed E-state index contributed by atoms with van der Waals surface area (Å²) in [7, 11) is 0. The second kappa shape index (κ2) is 11.2. The molecule has 2 heterocycles. The molecule has 0 bridgehead atoms. The van der Waals surface area contributed by atoms with E-state index in [-0.39, 0.29) is 35.5 Å². The van der Waals surface area contributed by atoms with Crippen molar-refractivity contribution in [2.75, 3.05) is 13.1 Å². The lowest BCUT2D eigenvalue weighted by Gasteiger charge is -2.38. The van der Waals surface area contributed by atoms with Crippen LogP contribution in [0.1, 0.15) is 84.6 Å². The first-order valence-electron chi connectivity index (χ1n) is 13.3. The summed E-state index contributed by atoms with van der Waals surface area (Å²) >= 11 is 1.68. The third kappa shape index (κ3) is 6.21. The highest BCUT2D eigenvalue weighted by Gasteiger charge is 2.36. The molecule has 0 spiro atoms. The molecule has 1 aromatic heterocycles. The van der Waals surface area contributed by atoms with Crippen molar-refractivity contribution in [1.82, 2.24) is 9.80 Å². The molecule has 8 heteroatoms. The highest BCUT2D eigenvalue weighted by atomic mass is 32.1. The summed E-state index contributed by atoms with van der Waals surface area (Å²) < 4.78 is 39.9. The molecular formula is C31H35F3N2O2S. The number of amides is 2. The third-order valence-corrected chi connectivity index (χ3v) is 8.50. The lowest BCUT2D eigenvalue weighted by molar-refractivity contribution is -0.137. The first-order valence-corrected chi connectivity index (χ1v) is 14.1. The molecular weight excluding hydrogens is 521 g/mol. The van der Waals surface area contributed by atoms with Gasteiger partial charge in [-0.3, -0.25) is 9.59 Å². The second-order valence-electron chi connectivity index (χ2n) is 11.2. The summed E-state index contributed by atoms with van der Waals surface area (Å²) in [4.78, 5) is 31.8. The minimum atomic E-state index is -4.56. The van der Waals surface area contributed by atoms with Crippen LogP contribution in [-0.4, -0.2) is 40.7 Å². The Morgan fingerprint density at radius 1 is 1.05 bits per heavy atom. The zero-order chi connectivity index (χ0) is 28.5. The van der Waals surface area contributed by atoms with Crippen molar-refractivity contribution in [3.05, 3.63) is 92.7 Å². The number of halogens is 3. The van der Waals surface area contributed by atoms with E-state index in [1.54, 1.807) is 11.3 Å². The Hall–Kier alpha value is -3.13. The molecule has 3 aromatic rings. The average molecular weight is 557 g/mol. The van der Waals surface area contributed by atoms with Crippen molar-refractivity contribution < 1.29 is 22.8 Å². The molecule has 208 valence electrons. The zero-order valence-corrected chi connectivity index (χ0v) is 23.8. The van der Waals surface area contributed by atoms with Crippen LogP contribution in [0.5, 0.6) is 0 Å². The van der Waals surface area contributed by atoms with Gasteiger partial charge in [0, 0.05) is 23.0 Å². The van der Waals surface area contributed by atoms with Crippen molar-refractivity contribution >= 4 is 23.2 Å². The van der Waals surface area contributed by atoms with Crippen LogP contribution in [0, 0.1) is 0 Å². The molecule has 4 rings (SSSR count). The van der Waals surface area contributed by atoms with Gasteiger partial charge in [-0.25, -0.2) is 0 Å². The molecule has 2 amide bonds. The number of hydrogen-bond acceptors (Lipinski definition) is 3. The minimum Gasteiger partial charge on any atom is -0.330 e. The van der Waals surface area contributed by atoms with Crippen LogP contribution in [0.3, 0.4) is 0 Å². The van der Waals surface area contributed by atoms with E-state index >= 15 is 0 Å². The van der Waals surface area contributed by atoms with Crippen molar-refractivity contribution in [3.8, 4) is 0 Å². The van der Waals surface area contributed by atoms with Crippen molar-refractivity contribution in [1.29, 1.82) is 0 Å². The van der Waals surface area contributed by atoms with Gasteiger partial charge in [-0.1, -0.05) is 58.0 Å². The quantitative estimate of drug-likeness (QED) is 0.316. The number of rotatable bonds is 6. The summed E-state index contributed by atoms with van der Waals surface area (Å²) in [5.74, 6) is -0.805. The summed E-state index contributed by atoms with van der Waals surface area (Å²) in [5.41, 5.74) is 2.31. The van der Waals surface area contributed by atoms with Crippen LogP contribution in [0.25, 0.3) is 0 Å². The van der Waals surface area contributed by atoms with Crippen LogP contribution in [0.15, 0.2) is 60.0 Å². The van der Waals surface area contributed by atoms with Crippen molar-refractivity contribution in [2.45, 2.75) is 71.1 Å². The summed E-state index contributed by atoms with van der Waals surface area (Å²) in [5, 5.41) is 2.04. The molecule has 2 aromatic carbocycles. The standard InChI is InChI=1S/C31H35F3N2O2S/c1-6-20(2)36(29(38)22-8-7-9-24(18-22)31(32,33)34)19-27(37)35-16-14-26-25(15-17-39-26)28(35)21-10-12-23(13-11-21)30(3,4)5/h7-13,15,17-18,20,28H,6,14,16,19H2,1-5H3. The number of nitrogens with zero attached hydrogens (tertiary/aromatic N) is 2. The highest BCUT2D eigenvalue weighted by molar-refractivity contribution is 7.10. The van der Waals surface area contributed by atoms with Crippen LogP contribution in [0.2, 0.25) is 0 Å². The van der Waals surface area contributed by atoms with Gasteiger partial charge in [-0.2, -0.15) is 13.2 Å². The van der Waals surface area contributed by atoms with Gasteiger partial charge in [0.05, 0.1) is 11.6 Å². The zero-order valence-electron chi connectivity index (χ0n) is 23.0. The third-order valence-electron chi connectivity index (χ3n) is 7.50. The number of benzene rings is 2. The Kier molecular flexibility index (Phi) is 8.26. The van der Waals surface area contributed by atoms with Gasteiger partial charge < -0.3 is 9.80 Å². The molecule has 0 radical (unpaired) electrons. The molecule has 1 aliphatic rings. The summed E-state index contributed by atoms with van der Waals surface area (Å²) in [6, 6.07) is 14.2. The SMILES string of the molecule is CCC(C)N(CC(=O)N1CCc2sccc2C1c1ccc(C(C)(C)C)cc1)C(=O)c1cccc(C(F)(F)F)c1. The van der Waals surface area contributed by atoms with E-state index in [4.69, 9.17) is 0 Å². The largest absolute Gasteiger partial charge is 0.416 e. The van der Waals surface area contributed by atoms with Gasteiger partial charge >= 0.3 is 6.18 Å². The molecule has 4 nitrogen and oxygen atoms in total. The molecule has 0 saturated heterocycles. The van der Waals surface area contributed by atoms with Crippen molar-refractivity contribution in [3.63, 3.8) is 0 Å². The van der Waals surface area contributed by atoms with Gasteiger partial charge in [0.2, 0.25) is 5.91 Å². The highest BCUT2D eigenvalue weighted by Crippen LogP contribution is 2.39. The number of alkyl halides is 3. The Bertz CT molecular complexity index is 1320. The summed E-state index contributed by atoms with van der Waals surface area (Å²) in [6.45, 7) is 10.5. The normalized spacial score (nSPS) is 16.5. The number of fused-ring (bicyclic) bond motifs is 1. The maximum atomic E-state index is 13.9. The van der Waals surface area contributed by atoms with Crippen LogP contribution >= 0.6 is 11.3 Å². The average Bonchev–Trinajstić information content (AvgIpc) is 3.38. The number of hydrogen-bond donors (Lipinski definition) is 0. The number of carbonyl (C=O) groups excluding carboxylic acids is 2. The fourth-order valence-corrected chi connectivity index (χ4v) is 5.89. The lowest BCUT2D eigenvalue weighted by Crippen LogP contribution is -2.49. The van der Waals surface area contributed by atoms with E-state index in [0.29, 0.717) is 13.0 Å². The fraction of sp³-hybridized carbons (Fsp3) is 0.419. The number of thiophene rings is 1. The van der Waals surface area contributed by atoms with E-state index in [0.717, 1.165) is 29.7 Å². The molecule has 0 aliphatic carbocycles. The maximum absolute atomic E-state index is 13.9. The van der Waals surface area contributed by atoms with E-state index in [1.807, 2.05) is 24.1 Å². The Morgan fingerprint density at radius 2 is 1.74 bits per heavy atom. The Labute approximate surface area is 232 Å². The predicted molar refractivity (Wildman–Crippen MR) is 149 cm³/mol. The predicted octanol–water partition coefficient (Wildman–Crippen LogP) is 7.48. The topological polar surface area (TPSA) is 40.6 Å². The molecule has 2 atom stereocenters. The first kappa shape index (κ1) is 28.9. The molecule has 39 heavy (non-hydrogen) atoms. The smallest absolute Gasteiger partial charge is 0.330 e. The van der Waals surface area contributed by atoms with Crippen LogP contribution in [0.4, 0.5) is 13.2 Å². The molecule has 1 aliphatic heterocycles. The summed E-state index contributed by atoms with van der Waals surface area (Å²) in [6.07, 6.45) is -3.28. The molecule has 0 saturated carbocycles.